The van der Waals surface area contributed by atoms with Crippen molar-refractivity contribution in [2.24, 2.45) is 0 Å². The van der Waals surface area contributed by atoms with E-state index in [-0.39, 0.29) is 18.0 Å². The van der Waals surface area contributed by atoms with Crippen LogP contribution in [0.2, 0.25) is 0 Å². The third-order valence-corrected chi connectivity index (χ3v) is 5.43. The zero-order valence-electron chi connectivity index (χ0n) is 16.3. The van der Waals surface area contributed by atoms with E-state index >= 15 is 0 Å². The minimum Gasteiger partial charge on any atom is -0.463 e. The van der Waals surface area contributed by atoms with Gasteiger partial charge in [-0.25, -0.2) is 4.68 Å². The Balaban J connectivity index is 1.45. The zero-order valence-corrected chi connectivity index (χ0v) is 16.3. The van der Waals surface area contributed by atoms with E-state index in [1.54, 1.807) is 12.3 Å². The van der Waals surface area contributed by atoms with Crippen molar-refractivity contribution in [2.75, 3.05) is 26.2 Å². The molecule has 0 aromatic carbocycles. The number of aromatic nitrogens is 3. The van der Waals surface area contributed by atoms with Crippen LogP contribution in [0.3, 0.4) is 0 Å². The Morgan fingerprint density at radius 3 is 2.75 bits per heavy atom. The fraction of sp³-hybridized carbons (Fsp3) is 0.550. The Labute approximate surface area is 163 Å². The molecule has 1 amide bonds. The van der Waals surface area contributed by atoms with Gasteiger partial charge in [0.1, 0.15) is 17.9 Å². The second-order valence-electron chi connectivity index (χ2n) is 7.37. The van der Waals surface area contributed by atoms with Gasteiger partial charge in [0.15, 0.2) is 5.58 Å². The number of aryl methyl sites for hydroxylation is 1. The molecule has 3 aromatic heterocycles. The summed E-state index contributed by atoms with van der Waals surface area (Å²) in [7, 11) is 0. The molecule has 1 fully saturated rings. The summed E-state index contributed by atoms with van der Waals surface area (Å²) < 4.78 is 8.49. The molecular formula is C20H27N5O3. The maximum absolute atomic E-state index is 12.8. The molecular weight excluding hydrogens is 358 g/mol. The maximum Gasteiger partial charge on any atom is 0.291 e. The Morgan fingerprint density at radius 1 is 1.21 bits per heavy atom. The molecule has 4 heterocycles. The highest BCUT2D eigenvalue weighted by Gasteiger charge is 2.16. The fourth-order valence-corrected chi connectivity index (χ4v) is 3.96. The number of nitrogens with one attached hydrogen (secondary N) is 1. The summed E-state index contributed by atoms with van der Waals surface area (Å²) in [5, 5.41) is 7.35. The molecule has 0 spiro atoms. The molecule has 0 aliphatic carbocycles. The van der Waals surface area contributed by atoms with Crippen LogP contribution in [0, 0.1) is 0 Å². The van der Waals surface area contributed by atoms with Crippen LogP contribution in [0.1, 0.15) is 38.4 Å². The molecule has 3 aromatic rings. The number of carbonyl (C=O) groups is 1. The van der Waals surface area contributed by atoms with E-state index in [1.165, 1.54) is 30.4 Å². The van der Waals surface area contributed by atoms with E-state index in [0.717, 1.165) is 31.0 Å². The average Bonchev–Trinajstić information content (AvgIpc) is 3.18. The molecule has 0 unspecified atom stereocenters. The number of nitrogens with zero attached hydrogens (tertiary/aromatic N) is 4. The topological polar surface area (TPSA) is 84.8 Å². The van der Waals surface area contributed by atoms with E-state index in [2.05, 4.69) is 15.3 Å². The number of fused-ring (bicyclic) bond motifs is 3. The summed E-state index contributed by atoms with van der Waals surface area (Å²) >= 11 is 0. The van der Waals surface area contributed by atoms with E-state index in [4.69, 9.17) is 4.42 Å². The number of rotatable bonds is 6. The fourth-order valence-electron chi connectivity index (χ4n) is 3.96. The van der Waals surface area contributed by atoms with Crippen LogP contribution in [0.5, 0.6) is 0 Å². The molecule has 1 aliphatic heterocycles. The third-order valence-electron chi connectivity index (χ3n) is 5.43. The summed E-state index contributed by atoms with van der Waals surface area (Å²) in [6.45, 7) is 5.54. The van der Waals surface area contributed by atoms with Crippen LogP contribution < -0.4 is 10.9 Å². The van der Waals surface area contributed by atoms with Crippen molar-refractivity contribution in [1.82, 2.24) is 24.4 Å². The van der Waals surface area contributed by atoms with Gasteiger partial charge in [0.05, 0.1) is 11.8 Å². The summed E-state index contributed by atoms with van der Waals surface area (Å²) in [4.78, 5) is 27.6. The van der Waals surface area contributed by atoms with Gasteiger partial charge in [-0.05, 0) is 25.9 Å². The van der Waals surface area contributed by atoms with Crippen molar-refractivity contribution in [3.05, 3.63) is 34.6 Å². The molecule has 0 saturated carbocycles. The molecule has 28 heavy (non-hydrogen) atoms. The summed E-state index contributed by atoms with van der Waals surface area (Å²) in [6, 6.07) is 3.54. The van der Waals surface area contributed by atoms with Gasteiger partial charge in [0, 0.05) is 31.6 Å². The van der Waals surface area contributed by atoms with Crippen molar-refractivity contribution in [1.29, 1.82) is 0 Å². The molecule has 8 nitrogen and oxygen atoms in total. The zero-order chi connectivity index (χ0) is 19.5. The van der Waals surface area contributed by atoms with Crippen LogP contribution in [-0.4, -0.2) is 51.2 Å². The second-order valence-corrected chi connectivity index (χ2v) is 7.37. The largest absolute Gasteiger partial charge is 0.463 e. The van der Waals surface area contributed by atoms with Gasteiger partial charge in [-0.15, -0.1) is 0 Å². The molecule has 150 valence electrons. The lowest BCUT2D eigenvalue weighted by Crippen LogP contribution is -2.39. The number of carbonyl (C=O) groups excluding carboxylic acids is 1. The lowest BCUT2D eigenvalue weighted by Gasteiger charge is -2.19. The van der Waals surface area contributed by atoms with Gasteiger partial charge >= 0.3 is 0 Å². The smallest absolute Gasteiger partial charge is 0.291 e. The third kappa shape index (κ3) is 3.69. The Hall–Kier alpha value is -2.61. The van der Waals surface area contributed by atoms with Crippen molar-refractivity contribution in [3.8, 4) is 0 Å². The number of likely N-dealkylation sites (tertiary alicyclic amines) is 1. The standard InChI is InChI=1S/C20H27N5O3/c1-2-18-22-24(20(27)16-13-17-15(25(16)18)7-12-28-17)14-19(26)21-8-11-23-9-5-3-4-6-10-23/h7,12-13H,2-6,8-11,14H2,1H3,(H,21,26). The first-order valence-corrected chi connectivity index (χ1v) is 10.1. The normalized spacial score (nSPS) is 15.9. The van der Waals surface area contributed by atoms with E-state index in [9.17, 15) is 9.59 Å². The number of hydrogen-bond acceptors (Lipinski definition) is 5. The lowest BCUT2D eigenvalue weighted by atomic mass is 10.2. The maximum atomic E-state index is 12.8. The highest BCUT2D eigenvalue weighted by atomic mass is 16.3. The minimum atomic E-state index is -0.286. The first-order chi connectivity index (χ1) is 13.7. The quantitative estimate of drug-likeness (QED) is 0.699. The van der Waals surface area contributed by atoms with Crippen molar-refractivity contribution in [2.45, 2.75) is 45.6 Å². The molecule has 8 heteroatoms. The first kappa shape index (κ1) is 18.7. The van der Waals surface area contributed by atoms with Crippen LogP contribution in [-0.2, 0) is 17.8 Å². The Morgan fingerprint density at radius 2 is 2.00 bits per heavy atom. The highest BCUT2D eigenvalue weighted by Crippen LogP contribution is 2.20. The van der Waals surface area contributed by atoms with Crippen molar-refractivity contribution in [3.63, 3.8) is 0 Å². The van der Waals surface area contributed by atoms with Gasteiger partial charge in [0.25, 0.3) is 5.56 Å². The van der Waals surface area contributed by atoms with Crippen LogP contribution in [0.25, 0.3) is 16.6 Å². The molecule has 0 atom stereocenters. The second kappa shape index (κ2) is 8.18. The van der Waals surface area contributed by atoms with Crippen molar-refractivity contribution >= 4 is 22.5 Å². The van der Waals surface area contributed by atoms with Gasteiger partial charge < -0.3 is 14.6 Å². The summed E-state index contributed by atoms with van der Waals surface area (Å²) in [5.41, 5.74) is 1.67. The lowest BCUT2D eigenvalue weighted by molar-refractivity contribution is -0.121. The molecule has 1 N–H and O–H groups in total. The minimum absolute atomic E-state index is 0.0745. The van der Waals surface area contributed by atoms with Gasteiger partial charge in [0.2, 0.25) is 5.91 Å². The average molecular weight is 385 g/mol. The molecule has 0 bridgehead atoms. The monoisotopic (exact) mass is 385 g/mol. The molecule has 4 rings (SSSR count). The van der Waals surface area contributed by atoms with E-state index in [0.29, 0.717) is 24.1 Å². The first-order valence-electron chi connectivity index (χ1n) is 10.1. The van der Waals surface area contributed by atoms with Crippen molar-refractivity contribution < 1.29 is 9.21 Å². The van der Waals surface area contributed by atoms with Gasteiger partial charge in [-0.3, -0.25) is 14.0 Å². The Kier molecular flexibility index (Phi) is 5.47. The van der Waals surface area contributed by atoms with E-state index < -0.39 is 0 Å². The molecule has 0 radical (unpaired) electrons. The van der Waals surface area contributed by atoms with E-state index in [1.807, 2.05) is 17.4 Å². The van der Waals surface area contributed by atoms with Gasteiger partial charge in [-0.2, -0.15) is 5.10 Å². The number of furan rings is 1. The van der Waals surface area contributed by atoms with Crippen LogP contribution in [0.15, 0.2) is 27.6 Å². The molecule has 1 aliphatic rings. The Bertz CT molecular complexity index is 1020. The highest BCUT2D eigenvalue weighted by molar-refractivity contribution is 5.82. The molecule has 1 saturated heterocycles. The number of amides is 1. The summed E-state index contributed by atoms with van der Waals surface area (Å²) in [6.07, 6.45) is 7.29. The van der Waals surface area contributed by atoms with Crippen LogP contribution >= 0.6 is 0 Å². The number of hydrogen-bond donors (Lipinski definition) is 1. The SMILES string of the molecule is CCc1nn(CC(=O)NCCN2CCCCCC2)c(=O)c2cc3occc3n12. The van der Waals surface area contributed by atoms with Gasteiger partial charge in [-0.1, -0.05) is 19.8 Å². The predicted molar refractivity (Wildman–Crippen MR) is 107 cm³/mol. The summed E-state index contributed by atoms with van der Waals surface area (Å²) in [5.74, 6) is 0.537. The predicted octanol–water partition coefficient (Wildman–Crippen LogP) is 1.80. The van der Waals surface area contributed by atoms with Crippen LogP contribution in [0.4, 0.5) is 0 Å².